The number of hydrogen-bond donors (Lipinski definition) is 2. The van der Waals surface area contributed by atoms with Gasteiger partial charge in [0.1, 0.15) is 17.1 Å². The summed E-state index contributed by atoms with van der Waals surface area (Å²) in [5.41, 5.74) is 0.673. The normalized spacial score (nSPS) is 11.1. The van der Waals surface area contributed by atoms with Gasteiger partial charge in [-0.2, -0.15) is 5.26 Å². The number of anilines is 1. The van der Waals surface area contributed by atoms with E-state index in [9.17, 15) is 14.4 Å². The molecule has 1 heterocycles. The standard InChI is InChI=1S/C17H14ClN3O4S/c1-10(20-15(23)11-2-4-13(18)5-3-11)17(24)25-9-14(22)21-16-12(8-19)6-7-26-16/h2-7,10H,9H2,1H3,(H,20,23)(H,21,22)/t10-/m0/s1. The molecule has 2 aromatic rings. The molecule has 0 unspecified atom stereocenters. The van der Waals surface area contributed by atoms with Gasteiger partial charge in [-0.05, 0) is 42.6 Å². The highest BCUT2D eigenvalue weighted by molar-refractivity contribution is 7.14. The molecule has 0 aliphatic rings. The van der Waals surface area contributed by atoms with Crippen LogP contribution in [-0.2, 0) is 14.3 Å². The minimum absolute atomic E-state index is 0.332. The Labute approximate surface area is 158 Å². The van der Waals surface area contributed by atoms with E-state index in [1.54, 1.807) is 23.6 Å². The molecule has 7 nitrogen and oxygen atoms in total. The first-order valence-corrected chi connectivity index (χ1v) is 8.67. The summed E-state index contributed by atoms with van der Waals surface area (Å²) in [4.78, 5) is 35.7. The smallest absolute Gasteiger partial charge is 0.328 e. The molecule has 1 aromatic heterocycles. The SMILES string of the molecule is C[C@H](NC(=O)c1ccc(Cl)cc1)C(=O)OCC(=O)Nc1sccc1C#N. The van der Waals surface area contributed by atoms with Crippen LogP contribution in [0.15, 0.2) is 35.7 Å². The molecule has 0 spiro atoms. The van der Waals surface area contributed by atoms with E-state index in [2.05, 4.69) is 10.6 Å². The van der Waals surface area contributed by atoms with Gasteiger partial charge in [0, 0.05) is 10.6 Å². The fourth-order valence-corrected chi connectivity index (χ4v) is 2.74. The van der Waals surface area contributed by atoms with Gasteiger partial charge in [-0.1, -0.05) is 11.6 Å². The van der Waals surface area contributed by atoms with Crippen LogP contribution in [0.4, 0.5) is 5.00 Å². The summed E-state index contributed by atoms with van der Waals surface area (Å²) in [5.74, 6) is -1.80. The van der Waals surface area contributed by atoms with Gasteiger partial charge in [-0.15, -0.1) is 11.3 Å². The van der Waals surface area contributed by atoms with E-state index < -0.39 is 30.4 Å². The molecule has 26 heavy (non-hydrogen) atoms. The van der Waals surface area contributed by atoms with Gasteiger partial charge in [0.25, 0.3) is 11.8 Å². The highest BCUT2D eigenvalue weighted by Crippen LogP contribution is 2.21. The molecule has 0 saturated carbocycles. The molecule has 0 fully saturated rings. The Bertz CT molecular complexity index is 858. The van der Waals surface area contributed by atoms with Crippen molar-refractivity contribution in [2.75, 3.05) is 11.9 Å². The maximum atomic E-state index is 12.0. The molecule has 0 bridgehead atoms. The van der Waals surface area contributed by atoms with E-state index in [4.69, 9.17) is 21.6 Å². The number of nitrogens with zero attached hydrogens (tertiary/aromatic N) is 1. The largest absolute Gasteiger partial charge is 0.454 e. The third-order valence-corrected chi connectivity index (χ3v) is 4.27. The number of nitrogens with one attached hydrogen (secondary N) is 2. The Kier molecular flexibility index (Phi) is 6.72. The summed E-state index contributed by atoms with van der Waals surface area (Å²) in [6.07, 6.45) is 0. The van der Waals surface area contributed by atoms with E-state index in [1.807, 2.05) is 6.07 Å². The number of rotatable bonds is 6. The Morgan fingerprint density at radius 2 is 1.96 bits per heavy atom. The minimum Gasteiger partial charge on any atom is -0.454 e. The van der Waals surface area contributed by atoms with Crippen molar-refractivity contribution in [3.05, 3.63) is 51.9 Å². The molecule has 0 aliphatic carbocycles. The number of carbonyl (C=O) groups excluding carboxylic acids is 3. The third kappa shape index (κ3) is 5.31. The first-order chi connectivity index (χ1) is 12.4. The summed E-state index contributed by atoms with van der Waals surface area (Å²) >= 11 is 6.94. The Hall–Kier alpha value is -2.89. The molecule has 2 N–H and O–H groups in total. The second-order valence-corrected chi connectivity index (χ2v) is 6.49. The lowest BCUT2D eigenvalue weighted by molar-refractivity contribution is -0.148. The van der Waals surface area contributed by atoms with Gasteiger partial charge < -0.3 is 15.4 Å². The summed E-state index contributed by atoms with van der Waals surface area (Å²) < 4.78 is 4.88. The van der Waals surface area contributed by atoms with Crippen LogP contribution in [0.5, 0.6) is 0 Å². The average Bonchev–Trinajstić information content (AvgIpc) is 3.07. The zero-order valence-corrected chi connectivity index (χ0v) is 15.2. The molecule has 1 aromatic carbocycles. The van der Waals surface area contributed by atoms with Crippen LogP contribution in [0.3, 0.4) is 0 Å². The number of ether oxygens (including phenoxy) is 1. The summed E-state index contributed by atoms with van der Waals surface area (Å²) in [7, 11) is 0. The highest BCUT2D eigenvalue weighted by Gasteiger charge is 2.19. The Morgan fingerprint density at radius 3 is 2.62 bits per heavy atom. The highest BCUT2D eigenvalue weighted by atomic mass is 35.5. The molecule has 1 atom stereocenters. The predicted octanol–water partition coefficient (Wildman–Crippen LogP) is 2.57. The number of thiophene rings is 1. The fourth-order valence-electron chi connectivity index (χ4n) is 1.86. The van der Waals surface area contributed by atoms with Crippen molar-refractivity contribution in [3.63, 3.8) is 0 Å². The molecule has 0 radical (unpaired) electrons. The van der Waals surface area contributed by atoms with Gasteiger partial charge in [0.15, 0.2) is 6.61 Å². The van der Waals surface area contributed by atoms with Crippen LogP contribution in [0.25, 0.3) is 0 Å². The van der Waals surface area contributed by atoms with Gasteiger partial charge in [-0.25, -0.2) is 4.79 Å². The molecule has 9 heteroatoms. The van der Waals surface area contributed by atoms with Crippen LogP contribution in [0.2, 0.25) is 5.02 Å². The summed E-state index contributed by atoms with van der Waals surface area (Å²) in [6.45, 7) is 0.921. The number of amides is 2. The molecule has 0 aliphatic heterocycles. The van der Waals surface area contributed by atoms with Crippen molar-refractivity contribution in [2.45, 2.75) is 13.0 Å². The quantitative estimate of drug-likeness (QED) is 0.735. The van der Waals surface area contributed by atoms with E-state index in [0.29, 0.717) is 21.2 Å². The number of hydrogen-bond acceptors (Lipinski definition) is 6. The van der Waals surface area contributed by atoms with Gasteiger partial charge >= 0.3 is 5.97 Å². The van der Waals surface area contributed by atoms with E-state index in [0.717, 1.165) is 0 Å². The monoisotopic (exact) mass is 391 g/mol. The molecule has 134 valence electrons. The number of benzene rings is 1. The third-order valence-electron chi connectivity index (χ3n) is 3.19. The number of carbonyl (C=O) groups is 3. The average molecular weight is 392 g/mol. The lowest BCUT2D eigenvalue weighted by Gasteiger charge is -2.13. The van der Waals surface area contributed by atoms with Crippen molar-refractivity contribution in [3.8, 4) is 6.07 Å². The molecule has 2 amide bonds. The van der Waals surface area contributed by atoms with Gasteiger partial charge in [0.05, 0.1) is 5.56 Å². The van der Waals surface area contributed by atoms with Crippen LogP contribution in [-0.4, -0.2) is 30.4 Å². The predicted molar refractivity (Wildman–Crippen MR) is 97.0 cm³/mol. The topological polar surface area (TPSA) is 108 Å². The van der Waals surface area contributed by atoms with Crippen molar-refractivity contribution >= 4 is 45.7 Å². The minimum atomic E-state index is -0.942. The maximum Gasteiger partial charge on any atom is 0.328 e. The Balaban J connectivity index is 1.81. The number of nitriles is 1. The van der Waals surface area contributed by atoms with Gasteiger partial charge in [0.2, 0.25) is 0 Å². The number of halogens is 1. The van der Waals surface area contributed by atoms with Crippen molar-refractivity contribution in [1.29, 1.82) is 5.26 Å². The molecular weight excluding hydrogens is 378 g/mol. The van der Waals surface area contributed by atoms with Crippen LogP contribution in [0.1, 0.15) is 22.8 Å². The fraction of sp³-hybridized carbons (Fsp3) is 0.176. The van der Waals surface area contributed by atoms with E-state index >= 15 is 0 Å². The van der Waals surface area contributed by atoms with Crippen LogP contribution >= 0.6 is 22.9 Å². The van der Waals surface area contributed by atoms with Crippen molar-refractivity contribution in [2.24, 2.45) is 0 Å². The van der Waals surface area contributed by atoms with E-state index in [-0.39, 0.29) is 0 Å². The zero-order valence-electron chi connectivity index (χ0n) is 13.6. The van der Waals surface area contributed by atoms with Crippen LogP contribution < -0.4 is 10.6 Å². The first-order valence-electron chi connectivity index (χ1n) is 7.41. The van der Waals surface area contributed by atoms with Crippen molar-refractivity contribution in [1.82, 2.24) is 5.32 Å². The lowest BCUT2D eigenvalue weighted by atomic mass is 10.2. The second kappa shape index (κ2) is 8.99. The Morgan fingerprint density at radius 1 is 1.27 bits per heavy atom. The van der Waals surface area contributed by atoms with E-state index in [1.165, 1.54) is 30.4 Å². The molecule has 0 saturated heterocycles. The molecular formula is C17H14ClN3O4S. The number of esters is 1. The van der Waals surface area contributed by atoms with Crippen LogP contribution in [0, 0.1) is 11.3 Å². The second-order valence-electron chi connectivity index (χ2n) is 5.13. The molecule has 2 rings (SSSR count). The lowest BCUT2D eigenvalue weighted by Crippen LogP contribution is -2.40. The first kappa shape index (κ1) is 19.4. The maximum absolute atomic E-state index is 12.0. The van der Waals surface area contributed by atoms with Gasteiger partial charge in [-0.3, -0.25) is 9.59 Å². The summed E-state index contributed by atoms with van der Waals surface area (Å²) in [6, 6.07) is 8.73. The van der Waals surface area contributed by atoms with Crippen molar-refractivity contribution < 1.29 is 19.1 Å². The summed E-state index contributed by atoms with van der Waals surface area (Å²) in [5, 5.41) is 16.4. The zero-order chi connectivity index (χ0) is 19.1.